The van der Waals surface area contributed by atoms with Crippen molar-refractivity contribution in [1.82, 2.24) is 0 Å². The largest absolute Gasteiger partial charge is 0.488 e. The fourth-order valence-electron chi connectivity index (χ4n) is 12.1. The van der Waals surface area contributed by atoms with E-state index in [9.17, 15) is 10.0 Å². The van der Waals surface area contributed by atoms with E-state index in [1.165, 1.54) is 125 Å². The second-order valence-corrected chi connectivity index (χ2v) is 22.5. The van der Waals surface area contributed by atoms with Crippen LogP contribution in [0.25, 0.3) is 142 Å². The van der Waals surface area contributed by atoms with E-state index in [1.54, 1.807) is 6.07 Å². The van der Waals surface area contributed by atoms with Crippen LogP contribution >= 0.6 is 15.9 Å². The highest BCUT2D eigenvalue weighted by Gasteiger charge is 2.15. The number of fused-ring (bicyclic) bond motifs is 10. The van der Waals surface area contributed by atoms with E-state index < -0.39 is 7.12 Å². The molecule has 0 aromatic heterocycles. The molecule has 0 bridgehead atoms. The lowest BCUT2D eigenvalue weighted by atomic mass is 9.78. The summed E-state index contributed by atoms with van der Waals surface area (Å²) in [5.74, 6) is 0. The standard InChI is InChI=1S/C40H26.C20H15BO2.C20H13Br/c1-2-9-28-22-31(17-16-27(28)8-1)33-21-20-32-23-30(18-19-34(32)24-33)29-11-7-12-35(25-29)40-26-36-10-3-4-13-37(36)38-14-5-6-15-39(38)40;22-21(23)16-8-5-7-14(12-16)20-13-15-6-1-2-9-17(15)18-10-3-4-11-19(18)20;21-20-10-9-18-12-17(7-8-19(18)13-20)16-6-5-14-3-1-2-4-15(14)11-16/h1-26H;1-13,22-23H;1-13H. The van der Waals surface area contributed by atoms with Gasteiger partial charge < -0.3 is 10.0 Å². The highest BCUT2D eigenvalue weighted by Crippen LogP contribution is 2.39. The average molecular weight is 1140 g/mol. The summed E-state index contributed by atoms with van der Waals surface area (Å²) in [6, 6.07) is 112. The monoisotopic (exact) mass is 1140 g/mol. The summed E-state index contributed by atoms with van der Waals surface area (Å²) in [6.45, 7) is 0. The second-order valence-electron chi connectivity index (χ2n) is 21.6. The number of hydrogen-bond acceptors (Lipinski definition) is 2. The molecule has 0 spiro atoms. The maximum Gasteiger partial charge on any atom is 0.488 e. The van der Waals surface area contributed by atoms with Gasteiger partial charge in [0.15, 0.2) is 0 Å². The van der Waals surface area contributed by atoms with Crippen molar-refractivity contribution < 1.29 is 10.0 Å². The van der Waals surface area contributed by atoms with Crippen molar-refractivity contribution in [1.29, 1.82) is 0 Å². The van der Waals surface area contributed by atoms with Crippen LogP contribution in [0.5, 0.6) is 0 Å². The van der Waals surface area contributed by atoms with E-state index in [4.69, 9.17) is 0 Å². The van der Waals surface area contributed by atoms with Gasteiger partial charge in [0, 0.05) is 4.47 Å². The Labute approximate surface area is 497 Å². The van der Waals surface area contributed by atoms with Gasteiger partial charge in [0.2, 0.25) is 0 Å². The fourth-order valence-corrected chi connectivity index (χ4v) is 12.4. The summed E-state index contributed by atoms with van der Waals surface area (Å²) in [7, 11) is -1.46. The molecule has 16 aromatic carbocycles. The van der Waals surface area contributed by atoms with Gasteiger partial charge in [-0.15, -0.1) is 0 Å². The molecule has 396 valence electrons. The molecule has 2 N–H and O–H groups in total. The van der Waals surface area contributed by atoms with Gasteiger partial charge in [-0.2, -0.15) is 0 Å². The number of hydrogen-bond donors (Lipinski definition) is 2. The number of rotatable bonds is 6. The van der Waals surface area contributed by atoms with Crippen molar-refractivity contribution in [3.05, 3.63) is 320 Å². The van der Waals surface area contributed by atoms with Crippen LogP contribution in [0.2, 0.25) is 0 Å². The van der Waals surface area contributed by atoms with E-state index in [-0.39, 0.29) is 0 Å². The summed E-state index contributed by atoms with van der Waals surface area (Å²) in [4.78, 5) is 0. The van der Waals surface area contributed by atoms with Crippen LogP contribution in [0.3, 0.4) is 0 Å². The van der Waals surface area contributed by atoms with Gasteiger partial charge in [-0.1, -0.05) is 271 Å². The predicted molar refractivity (Wildman–Crippen MR) is 364 cm³/mol. The molecule has 0 unspecified atom stereocenters. The molecule has 0 saturated carbocycles. The maximum absolute atomic E-state index is 9.44. The molecule has 0 fully saturated rings. The third-order valence-corrected chi connectivity index (χ3v) is 16.8. The van der Waals surface area contributed by atoms with Gasteiger partial charge in [-0.25, -0.2) is 0 Å². The lowest BCUT2D eigenvalue weighted by Gasteiger charge is -2.13. The Hall–Kier alpha value is -9.94. The molecule has 0 aliphatic heterocycles. The van der Waals surface area contributed by atoms with Crippen LogP contribution in [0.15, 0.2) is 320 Å². The minimum atomic E-state index is -1.46. The molecule has 2 nitrogen and oxygen atoms in total. The molecule has 84 heavy (non-hydrogen) atoms. The molecule has 4 heteroatoms. The normalized spacial score (nSPS) is 11.3. The molecule has 0 saturated heterocycles. The van der Waals surface area contributed by atoms with Gasteiger partial charge in [0.05, 0.1) is 0 Å². The maximum atomic E-state index is 9.44. The first-order valence-corrected chi connectivity index (χ1v) is 29.2. The lowest BCUT2D eigenvalue weighted by molar-refractivity contribution is 0.426. The first-order valence-electron chi connectivity index (χ1n) is 28.4. The molecule has 0 aliphatic carbocycles. The van der Waals surface area contributed by atoms with E-state index in [0.717, 1.165) is 21.0 Å². The highest BCUT2D eigenvalue weighted by molar-refractivity contribution is 9.10. The van der Waals surface area contributed by atoms with E-state index in [0.29, 0.717) is 5.46 Å². The topological polar surface area (TPSA) is 40.5 Å². The van der Waals surface area contributed by atoms with Crippen LogP contribution in [0, 0.1) is 0 Å². The highest BCUT2D eigenvalue weighted by atomic mass is 79.9. The zero-order valence-corrected chi connectivity index (χ0v) is 47.5. The molecule has 0 heterocycles. The molecule has 0 atom stereocenters. The van der Waals surface area contributed by atoms with Gasteiger partial charge >= 0.3 is 7.12 Å². The second kappa shape index (κ2) is 22.8. The Morgan fingerprint density at radius 2 is 0.512 bits per heavy atom. The zero-order valence-electron chi connectivity index (χ0n) is 45.9. The number of halogens is 1. The quantitative estimate of drug-likeness (QED) is 0.129. The van der Waals surface area contributed by atoms with Crippen LogP contribution in [-0.2, 0) is 0 Å². The molecular formula is C80H54BBrO2. The zero-order chi connectivity index (χ0) is 56.5. The van der Waals surface area contributed by atoms with E-state index in [2.05, 4.69) is 289 Å². The van der Waals surface area contributed by atoms with Crippen LogP contribution < -0.4 is 5.46 Å². The van der Waals surface area contributed by atoms with Gasteiger partial charge in [0.1, 0.15) is 0 Å². The first kappa shape index (κ1) is 52.2. The van der Waals surface area contributed by atoms with Crippen molar-refractivity contribution >= 4 is 115 Å². The summed E-state index contributed by atoms with van der Waals surface area (Å²) < 4.78 is 1.12. The van der Waals surface area contributed by atoms with Crippen molar-refractivity contribution in [3.8, 4) is 55.6 Å². The molecule has 16 rings (SSSR count). The fraction of sp³-hybridized carbons (Fsp3) is 0. The summed E-state index contributed by atoms with van der Waals surface area (Å²) in [5.41, 5.74) is 12.6. The predicted octanol–water partition coefficient (Wildman–Crippen LogP) is 21.1. The van der Waals surface area contributed by atoms with Crippen molar-refractivity contribution in [2.75, 3.05) is 0 Å². The van der Waals surface area contributed by atoms with Crippen LogP contribution in [0.1, 0.15) is 0 Å². The molecular weight excluding hydrogens is 1080 g/mol. The molecule has 16 aromatic rings. The van der Waals surface area contributed by atoms with Crippen LogP contribution in [-0.4, -0.2) is 17.2 Å². The Morgan fingerprint density at radius 3 is 0.964 bits per heavy atom. The minimum Gasteiger partial charge on any atom is -0.423 e. The van der Waals surface area contributed by atoms with Gasteiger partial charge in [-0.3, -0.25) is 0 Å². The SMILES string of the molecule is Brc1ccc2cc(-c3ccc4ccccc4c3)ccc2c1.OB(O)c1cccc(-c2cc3ccccc3c3ccccc23)c1.c1cc(-c2ccc3cc(-c4ccc5ccccc5c4)ccc3c2)cc(-c2cc3ccccc3c3ccccc23)c1. The summed E-state index contributed by atoms with van der Waals surface area (Å²) in [5, 5.41) is 39.0. The Morgan fingerprint density at radius 1 is 0.202 bits per heavy atom. The Balaban J connectivity index is 0.000000121. The first-order chi connectivity index (χ1) is 41.3. The lowest BCUT2D eigenvalue weighted by Crippen LogP contribution is -2.29. The number of benzene rings is 16. The van der Waals surface area contributed by atoms with Gasteiger partial charge in [-0.05, 0) is 208 Å². The van der Waals surface area contributed by atoms with Crippen molar-refractivity contribution in [3.63, 3.8) is 0 Å². The third-order valence-electron chi connectivity index (χ3n) is 16.3. The van der Waals surface area contributed by atoms with Crippen LogP contribution in [0.4, 0.5) is 0 Å². The average Bonchev–Trinajstić information content (AvgIpc) is 3.75. The van der Waals surface area contributed by atoms with Crippen molar-refractivity contribution in [2.24, 2.45) is 0 Å². The third kappa shape index (κ3) is 10.5. The molecule has 0 radical (unpaired) electrons. The summed E-state index contributed by atoms with van der Waals surface area (Å²) >= 11 is 3.52. The van der Waals surface area contributed by atoms with Gasteiger partial charge in [0.25, 0.3) is 0 Å². The molecule has 0 amide bonds. The van der Waals surface area contributed by atoms with E-state index >= 15 is 0 Å². The Kier molecular flexibility index (Phi) is 14.1. The smallest absolute Gasteiger partial charge is 0.423 e. The molecule has 0 aliphatic rings. The Bertz CT molecular complexity index is 5160. The minimum absolute atomic E-state index is 0.500. The van der Waals surface area contributed by atoms with Crippen molar-refractivity contribution in [2.45, 2.75) is 0 Å². The summed E-state index contributed by atoms with van der Waals surface area (Å²) in [6.07, 6.45) is 0. The van der Waals surface area contributed by atoms with E-state index in [1.807, 2.05) is 36.4 Å².